The van der Waals surface area contributed by atoms with Crippen LogP contribution >= 0.6 is 11.8 Å². The van der Waals surface area contributed by atoms with E-state index in [0.29, 0.717) is 17.9 Å². The highest BCUT2D eigenvalue weighted by atomic mass is 32.2. The number of benzene rings is 1. The largest absolute Gasteiger partial charge is 0.460 e. The third kappa shape index (κ3) is 3.58. The van der Waals surface area contributed by atoms with E-state index in [9.17, 15) is 9.59 Å². The van der Waals surface area contributed by atoms with Crippen molar-refractivity contribution >= 4 is 23.6 Å². The van der Waals surface area contributed by atoms with Gasteiger partial charge in [0.25, 0.3) is 0 Å². The van der Waals surface area contributed by atoms with Crippen molar-refractivity contribution < 1.29 is 14.3 Å². The van der Waals surface area contributed by atoms with Gasteiger partial charge >= 0.3 is 5.97 Å². The van der Waals surface area contributed by atoms with Crippen LogP contribution in [-0.4, -0.2) is 42.2 Å². The van der Waals surface area contributed by atoms with Crippen molar-refractivity contribution in [3.8, 4) is 0 Å². The molecule has 2 aliphatic heterocycles. The standard InChI is InChI=1S/C19H22N2O3S/c1-12(2)24-19(23)17-15(13-7-5-4-6-8-13)10-21-14(9-16(22)20-3)11-25-18(17)21/h4-9,12,15H,10-11H2,1-3H3,(H,20,22). The first-order valence-electron chi connectivity index (χ1n) is 8.34. The predicted octanol–water partition coefficient (Wildman–Crippen LogP) is 2.63. The minimum Gasteiger partial charge on any atom is -0.460 e. The summed E-state index contributed by atoms with van der Waals surface area (Å²) in [5.74, 6) is 0.229. The van der Waals surface area contributed by atoms with Gasteiger partial charge in [0.05, 0.1) is 16.7 Å². The average molecular weight is 358 g/mol. The van der Waals surface area contributed by atoms with Crippen molar-refractivity contribution in [2.45, 2.75) is 25.9 Å². The van der Waals surface area contributed by atoms with Crippen molar-refractivity contribution in [1.29, 1.82) is 0 Å². The maximum absolute atomic E-state index is 12.7. The van der Waals surface area contributed by atoms with Crippen LogP contribution < -0.4 is 5.32 Å². The first-order chi connectivity index (χ1) is 12.0. The highest BCUT2D eigenvalue weighted by molar-refractivity contribution is 8.03. The molecule has 1 N–H and O–H groups in total. The first-order valence-corrected chi connectivity index (χ1v) is 9.32. The van der Waals surface area contributed by atoms with Crippen LogP contribution in [0, 0.1) is 0 Å². The normalized spacial score (nSPS) is 21.0. The van der Waals surface area contributed by atoms with Crippen molar-refractivity contribution in [3.63, 3.8) is 0 Å². The summed E-state index contributed by atoms with van der Waals surface area (Å²) in [4.78, 5) is 26.6. The van der Waals surface area contributed by atoms with Gasteiger partial charge in [0.1, 0.15) is 0 Å². The Morgan fingerprint density at radius 2 is 2.04 bits per heavy atom. The number of thioether (sulfide) groups is 1. The van der Waals surface area contributed by atoms with E-state index < -0.39 is 0 Å². The summed E-state index contributed by atoms with van der Waals surface area (Å²) in [5, 5.41) is 3.53. The van der Waals surface area contributed by atoms with E-state index in [-0.39, 0.29) is 23.9 Å². The van der Waals surface area contributed by atoms with Gasteiger partial charge in [-0.05, 0) is 19.4 Å². The lowest BCUT2D eigenvalue weighted by Gasteiger charge is -2.18. The molecule has 1 aromatic carbocycles. The third-order valence-corrected chi connectivity index (χ3v) is 5.36. The van der Waals surface area contributed by atoms with Gasteiger partial charge in [-0.3, -0.25) is 4.79 Å². The first kappa shape index (κ1) is 17.6. The van der Waals surface area contributed by atoms with Gasteiger partial charge in [-0.25, -0.2) is 4.79 Å². The van der Waals surface area contributed by atoms with Crippen LogP contribution in [0.3, 0.4) is 0 Å². The number of rotatable bonds is 4. The molecule has 25 heavy (non-hydrogen) atoms. The number of amides is 1. The van der Waals surface area contributed by atoms with Crippen molar-refractivity contribution in [2.75, 3.05) is 19.3 Å². The fourth-order valence-electron chi connectivity index (χ4n) is 3.08. The topological polar surface area (TPSA) is 58.6 Å². The van der Waals surface area contributed by atoms with E-state index in [4.69, 9.17) is 4.74 Å². The quantitative estimate of drug-likeness (QED) is 0.662. The van der Waals surface area contributed by atoms with Crippen LogP contribution in [0.2, 0.25) is 0 Å². The number of esters is 1. The second-order valence-corrected chi connectivity index (χ2v) is 7.25. The Hall–Kier alpha value is -2.21. The molecule has 1 amide bonds. The van der Waals surface area contributed by atoms with E-state index in [1.165, 1.54) is 0 Å². The van der Waals surface area contributed by atoms with E-state index in [1.807, 2.05) is 44.2 Å². The number of carbonyl (C=O) groups is 2. The lowest BCUT2D eigenvalue weighted by molar-refractivity contribution is -0.142. The SMILES string of the molecule is CNC(=O)C=C1CSC2=C(C(=O)OC(C)C)C(c3ccccc3)CN12. The molecule has 2 aliphatic rings. The summed E-state index contributed by atoms with van der Waals surface area (Å²) in [6.07, 6.45) is 1.44. The summed E-state index contributed by atoms with van der Waals surface area (Å²) in [5.41, 5.74) is 2.71. The second kappa shape index (κ2) is 7.35. The van der Waals surface area contributed by atoms with E-state index in [1.54, 1.807) is 24.9 Å². The fourth-order valence-corrected chi connectivity index (χ4v) is 4.33. The Kier molecular flexibility index (Phi) is 5.18. The number of hydrogen-bond donors (Lipinski definition) is 1. The summed E-state index contributed by atoms with van der Waals surface area (Å²) >= 11 is 1.59. The van der Waals surface area contributed by atoms with Crippen molar-refractivity contribution in [3.05, 3.63) is 58.3 Å². The monoisotopic (exact) mass is 358 g/mol. The number of ether oxygens (including phenoxy) is 1. The molecule has 0 bridgehead atoms. The second-order valence-electron chi connectivity index (χ2n) is 6.29. The van der Waals surface area contributed by atoms with Gasteiger partial charge in [-0.15, -0.1) is 11.8 Å². The van der Waals surface area contributed by atoms with Gasteiger partial charge in [-0.1, -0.05) is 30.3 Å². The summed E-state index contributed by atoms with van der Waals surface area (Å²) in [7, 11) is 1.61. The molecule has 0 radical (unpaired) electrons. The minimum atomic E-state index is -0.268. The lowest BCUT2D eigenvalue weighted by Crippen LogP contribution is -2.21. The van der Waals surface area contributed by atoms with Crippen LogP contribution in [-0.2, 0) is 14.3 Å². The van der Waals surface area contributed by atoms with Crippen molar-refractivity contribution in [2.24, 2.45) is 0 Å². The molecule has 2 heterocycles. The molecule has 1 fully saturated rings. The molecular weight excluding hydrogens is 336 g/mol. The molecule has 0 aromatic heterocycles. The molecule has 3 rings (SSSR count). The number of nitrogens with one attached hydrogen (secondary N) is 1. The smallest absolute Gasteiger partial charge is 0.337 e. The molecule has 132 valence electrons. The Morgan fingerprint density at radius 1 is 1.32 bits per heavy atom. The highest BCUT2D eigenvalue weighted by Gasteiger charge is 2.42. The molecule has 1 atom stereocenters. The van der Waals surface area contributed by atoms with Crippen LogP contribution in [0.15, 0.2) is 52.7 Å². The number of fused-ring (bicyclic) bond motifs is 1. The Morgan fingerprint density at radius 3 is 2.68 bits per heavy atom. The van der Waals surface area contributed by atoms with E-state index >= 15 is 0 Å². The summed E-state index contributed by atoms with van der Waals surface area (Å²) < 4.78 is 5.50. The fraction of sp³-hybridized carbons (Fsp3) is 0.368. The van der Waals surface area contributed by atoms with Crippen LogP contribution in [0.5, 0.6) is 0 Å². The molecule has 0 saturated carbocycles. The zero-order chi connectivity index (χ0) is 18.0. The molecule has 6 heteroatoms. The third-order valence-electron chi connectivity index (χ3n) is 4.20. The van der Waals surface area contributed by atoms with Crippen LogP contribution in [0.1, 0.15) is 25.3 Å². The molecule has 1 unspecified atom stereocenters. The number of hydrogen-bond acceptors (Lipinski definition) is 5. The van der Waals surface area contributed by atoms with Gasteiger partial charge < -0.3 is 15.0 Å². The number of carbonyl (C=O) groups excluding carboxylic acids is 2. The molecule has 0 spiro atoms. The highest BCUT2D eigenvalue weighted by Crippen LogP contribution is 2.48. The van der Waals surface area contributed by atoms with Gasteiger partial charge in [0, 0.05) is 37.0 Å². The molecule has 0 aliphatic carbocycles. The zero-order valence-electron chi connectivity index (χ0n) is 14.6. The van der Waals surface area contributed by atoms with Gasteiger partial charge in [0.2, 0.25) is 5.91 Å². The van der Waals surface area contributed by atoms with Crippen molar-refractivity contribution in [1.82, 2.24) is 10.2 Å². The Balaban J connectivity index is 1.99. The van der Waals surface area contributed by atoms with Crippen LogP contribution in [0.25, 0.3) is 0 Å². The van der Waals surface area contributed by atoms with E-state index in [2.05, 4.69) is 10.2 Å². The molecular formula is C19H22N2O3S. The lowest BCUT2D eigenvalue weighted by atomic mass is 9.93. The maximum atomic E-state index is 12.7. The minimum absolute atomic E-state index is 0.0525. The summed E-state index contributed by atoms with van der Waals surface area (Å²) in [6.45, 7) is 4.36. The maximum Gasteiger partial charge on any atom is 0.337 e. The van der Waals surface area contributed by atoms with Crippen LogP contribution in [0.4, 0.5) is 0 Å². The predicted molar refractivity (Wildman–Crippen MR) is 98.8 cm³/mol. The van der Waals surface area contributed by atoms with E-state index in [0.717, 1.165) is 16.3 Å². The molecule has 5 nitrogen and oxygen atoms in total. The van der Waals surface area contributed by atoms with Gasteiger partial charge in [0.15, 0.2) is 0 Å². The Labute approximate surface area is 152 Å². The summed E-state index contributed by atoms with van der Waals surface area (Å²) in [6, 6.07) is 9.97. The molecule has 1 saturated heterocycles. The Bertz CT molecular complexity index is 740. The number of likely N-dealkylation sites (N-methyl/N-ethyl adjacent to an activating group) is 1. The molecule has 1 aromatic rings. The zero-order valence-corrected chi connectivity index (χ0v) is 15.4. The average Bonchev–Trinajstić information content (AvgIpc) is 3.14. The van der Waals surface area contributed by atoms with Gasteiger partial charge in [-0.2, -0.15) is 0 Å². The number of nitrogens with zero attached hydrogens (tertiary/aromatic N) is 1.